The van der Waals surface area contributed by atoms with Gasteiger partial charge in [0.15, 0.2) is 0 Å². The molecule has 1 aromatic rings. The highest BCUT2D eigenvalue weighted by Crippen LogP contribution is 2.24. The Morgan fingerprint density at radius 1 is 1.15 bits per heavy atom. The second-order valence-corrected chi connectivity index (χ2v) is 4.16. The van der Waals surface area contributed by atoms with Crippen LogP contribution in [0.15, 0.2) is 18.2 Å². The summed E-state index contributed by atoms with van der Waals surface area (Å²) >= 11 is 0. The van der Waals surface area contributed by atoms with Crippen LogP contribution >= 0.6 is 0 Å². The van der Waals surface area contributed by atoms with E-state index < -0.39 is 0 Å². The molecule has 0 aliphatic heterocycles. The van der Waals surface area contributed by atoms with E-state index in [1.165, 1.54) is 13.2 Å². The Balaban J connectivity index is 2.86. The number of phenolic OH excluding ortho intramolecular Hbond substituents is 1. The van der Waals surface area contributed by atoms with Crippen LogP contribution in [0, 0.1) is 0 Å². The largest absolute Gasteiger partial charge is 0.507 e. The molecule has 0 unspecified atom stereocenters. The molecule has 1 aromatic carbocycles. The van der Waals surface area contributed by atoms with Crippen LogP contribution in [0.25, 0.3) is 0 Å². The molecule has 0 fully saturated rings. The van der Waals surface area contributed by atoms with E-state index in [1.807, 2.05) is 0 Å². The van der Waals surface area contributed by atoms with Gasteiger partial charge in [0.1, 0.15) is 11.5 Å². The zero-order valence-corrected chi connectivity index (χ0v) is 12.1. The van der Waals surface area contributed by atoms with E-state index in [0.29, 0.717) is 32.1 Å². The number of nitrogens with zero attached hydrogens (tertiary/aromatic N) is 1. The second kappa shape index (κ2) is 8.39. The van der Waals surface area contributed by atoms with Crippen molar-refractivity contribution in [1.29, 1.82) is 0 Å². The van der Waals surface area contributed by atoms with Crippen molar-refractivity contribution in [2.45, 2.75) is 0 Å². The number of hydrogen-bond acceptors (Lipinski definition) is 5. The van der Waals surface area contributed by atoms with Crippen LogP contribution in [0.4, 0.5) is 0 Å². The van der Waals surface area contributed by atoms with Gasteiger partial charge >= 0.3 is 0 Å². The number of methoxy groups -OCH3 is 3. The predicted molar refractivity (Wildman–Crippen MR) is 74.3 cm³/mol. The summed E-state index contributed by atoms with van der Waals surface area (Å²) < 4.78 is 15.0. The third-order valence-corrected chi connectivity index (χ3v) is 2.85. The Bertz CT molecular complexity index is 428. The number of benzene rings is 1. The lowest BCUT2D eigenvalue weighted by atomic mass is 10.1. The molecule has 0 saturated heterocycles. The maximum absolute atomic E-state index is 12.4. The molecule has 0 atom stereocenters. The van der Waals surface area contributed by atoms with E-state index in [2.05, 4.69) is 0 Å². The molecule has 112 valence electrons. The fourth-order valence-electron chi connectivity index (χ4n) is 1.71. The molecule has 6 heteroatoms. The lowest BCUT2D eigenvalue weighted by Gasteiger charge is -2.22. The quantitative estimate of drug-likeness (QED) is 0.774. The van der Waals surface area contributed by atoms with Crippen molar-refractivity contribution in [2.24, 2.45) is 0 Å². The topological polar surface area (TPSA) is 68.2 Å². The van der Waals surface area contributed by atoms with Crippen molar-refractivity contribution in [3.05, 3.63) is 23.8 Å². The fraction of sp³-hybridized carbons (Fsp3) is 0.500. The lowest BCUT2D eigenvalue weighted by Crippen LogP contribution is -2.36. The first-order valence-electron chi connectivity index (χ1n) is 6.28. The van der Waals surface area contributed by atoms with Gasteiger partial charge in [0.05, 0.1) is 25.9 Å². The van der Waals surface area contributed by atoms with Crippen LogP contribution < -0.4 is 4.74 Å². The van der Waals surface area contributed by atoms with Gasteiger partial charge in [0.2, 0.25) is 0 Å². The summed E-state index contributed by atoms with van der Waals surface area (Å²) in [5.41, 5.74) is 0.234. The second-order valence-electron chi connectivity index (χ2n) is 4.16. The van der Waals surface area contributed by atoms with Crippen LogP contribution in [-0.2, 0) is 9.47 Å². The molecule has 0 spiro atoms. The molecule has 1 rings (SSSR count). The number of aromatic hydroxyl groups is 1. The van der Waals surface area contributed by atoms with Crippen LogP contribution in [0.5, 0.6) is 11.5 Å². The molecule has 0 aliphatic rings. The summed E-state index contributed by atoms with van der Waals surface area (Å²) in [5, 5.41) is 9.90. The van der Waals surface area contributed by atoms with Crippen molar-refractivity contribution < 1.29 is 24.1 Å². The Morgan fingerprint density at radius 2 is 1.75 bits per heavy atom. The third kappa shape index (κ3) is 4.40. The van der Waals surface area contributed by atoms with E-state index in [1.54, 1.807) is 31.3 Å². The highest BCUT2D eigenvalue weighted by molar-refractivity contribution is 5.97. The Kier molecular flexibility index (Phi) is 6.83. The monoisotopic (exact) mass is 283 g/mol. The Labute approximate surface area is 118 Å². The Hall–Kier alpha value is -1.79. The summed E-state index contributed by atoms with van der Waals surface area (Å²) in [6.07, 6.45) is 0. The minimum Gasteiger partial charge on any atom is -0.507 e. The number of carbonyl (C=O) groups is 1. The summed E-state index contributed by atoms with van der Waals surface area (Å²) in [5.74, 6) is 0.132. The summed E-state index contributed by atoms with van der Waals surface area (Å²) in [7, 11) is 4.65. The molecular weight excluding hydrogens is 262 g/mol. The molecule has 0 radical (unpaired) electrons. The predicted octanol–water partition coefficient (Wildman–Crippen LogP) is 1.14. The number of ether oxygens (including phenoxy) is 3. The van der Waals surface area contributed by atoms with Crippen molar-refractivity contribution in [3.63, 3.8) is 0 Å². The molecule has 1 amide bonds. The minimum absolute atomic E-state index is 0.103. The van der Waals surface area contributed by atoms with E-state index in [0.717, 1.165) is 0 Å². The summed E-state index contributed by atoms with van der Waals surface area (Å²) in [4.78, 5) is 14.0. The number of amides is 1. The maximum atomic E-state index is 12.4. The van der Waals surface area contributed by atoms with Crippen molar-refractivity contribution in [1.82, 2.24) is 4.90 Å². The third-order valence-electron chi connectivity index (χ3n) is 2.85. The first kappa shape index (κ1) is 16.3. The zero-order chi connectivity index (χ0) is 15.0. The lowest BCUT2D eigenvalue weighted by molar-refractivity contribution is 0.0624. The molecule has 0 aliphatic carbocycles. The van der Waals surface area contributed by atoms with Gasteiger partial charge in [-0.15, -0.1) is 0 Å². The first-order valence-corrected chi connectivity index (χ1v) is 6.28. The van der Waals surface area contributed by atoms with Gasteiger partial charge in [-0.1, -0.05) is 0 Å². The van der Waals surface area contributed by atoms with Crippen molar-refractivity contribution in [2.75, 3.05) is 47.6 Å². The molecule has 1 N–H and O–H groups in total. The highest BCUT2D eigenvalue weighted by atomic mass is 16.5. The van der Waals surface area contributed by atoms with E-state index >= 15 is 0 Å². The first-order chi connectivity index (χ1) is 9.63. The average molecular weight is 283 g/mol. The molecular formula is C14H21NO5. The van der Waals surface area contributed by atoms with Gasteiger partial charge in [-0.25, -0.2) is 0 Å². The normalized spacial score (nSPS) is 10.3. The summed E-state index contributed by atoms with van der Waals surface area (Å²) in [6.45, 7) is 1.72. The van der Waals surface area contributed by atoms with E-state index in [9.17, 15) is 9.90 Å². The van der Waals surface area contributed by atoms with Crippen LogP contribution in [0.1, 0.15) is 10.4 Å². The van der Waals surface area contributed by atoms with Gasteiger partial charge in [-0.2, -0.15) is 0 Å². The van der Waals surface area contributed by atoms with Gasteiger partial charge in [0, 0.05) is 33.4 Å². The van der Waals surface area contributed by atoms with Gasteiger partial charge in [-0.3, -0.25) is 4.79 Å². The number of phenols is 1. The number of rotatable bonds is 8. The molecule has 0 bridgehead atoms. The Morgan fingerprint density at radius 3 is 2.20 bits per heavy atom. The minimum atomic E-state index is -0.265. The van der Waals surface area contributed by atoms with Crippen molar-refractivity contribution >= 4 is 5.91 Å². The molecule has 0 aromatic heterocycles. The van der Waals surface area contributed by atoms with Gasteiger partial charge in [0.25, 0.3) is 5.91 Å². The number of hydrogen-bond donors (Lipinski definition) is 1. The fourth-order valence-corrected chi connectivity index (χ4v) is 1.71. The molecule has 6 nitrogen and oxygen atoms in total. The van der Waals surface area contributed by atoms with Crippen LogP contribution in [0.3, 0.4) is 0 Å². The maximum Gasteiger partial charge on any atom is 0.257 e. The van der Waals surface area contributed by atoms with Gasteiger partial charge in [-0.05, 0) is 12.1 Å². The van der Waals surface area contributed by atoms with Gasteiger partial charge < -0.3 is 24.2 Å². The number of carbonyl (C=O) groups excluding carboxylic acids is 1. The van der Waals surface area contributed by atoms with E-state index in [4.69, 9.17) is 14.2 Å². The van der Waals surface area contributed by atoms with E-state index in [-0.39, 0.29) is 17.2 Å². The molecule has 0 saturated carbocycles. The van der Waals surface area contributed by atoms with Crippen molar-refractivity contribution in [3.8, 4) is 11.5 Å². The zero-order valence-electron chi connectivity index (χ0n) is 12.1. The highest BCUT2D eigenvalue weighted by Gasteiger charge is 2.19. The molecule has 20 heavy (non-hydrogen) atoms. The standard InChI is InChI=1S/C14H21NO5/c1-18-8-6-15(7-9-19-2)14(17)12-5-4-11(20-3)10-13(12)16/h4-5,10,16H,6-9H2,1-3H3. The average Bonchev–Trinajstić information content (AvgIpc) is 2.46. The van der Waals surface area contributed by atoms with Crippen LogP contribution in [-0.4, -0.2) is 63.5 Å². The SMILES string of the molecule is COCCN(CCOC)C(=O)c1ccc(OC)cc1O. The smallest absolute Gasteiger partial charge is 0.257 e. The summed E-state index contributed by atoms with van der Waals surface area (Å²) in [6, 6.07) is 4.60. The molecule has 0 heterocycles. The van der Waals surface area contributed by atoms with Crippen LogP contribution in [0.2, 0.25) is 0 Å².